The highest BCUT2D eigenvalue weighted by atomic mass is 35.5. The number of carbonyl (C=O) groups excluding carboxylic acids is 1. The fourth-order valence-electron chi connectivity index (χ4n) is 2.92. The number of hydrogen-bond donors (Lipinski definition) is 2. The highest BCUT2D eigenvalue weighted by Gasteiger charge is 2.12. The van der Waals surface area contributed by atoms with Gasteiger partial charge in [-0.05, 0) is 47.5 Å². The zero-order valence-corrected chi connectivity index (χ0v) is 16.9. The molecule has 0 aliphatic carbocycles. The Morgan fingerprint density at radius 2 is 1.76 bits per heavy atom. The largest absolute Gasteiger partial charge is 0.289 e. The summed E-state index contributed by atoms with van der Waals surface area (Å²) in [7, 11) is 0. The average Bonchev–Trinajstić information content (AvgIpc) is 3.23. The molecular formula is C22H16Cl2N4O. The Kier molecular flexibility index (Phi) is 5.34. The Morgan fingerprint density at radius 3 is 2.55 bits per heavy atom. The van der Waals surface area contributed by atoms with Gasteiger partial charge in [0.15, 0.2) is 0 Å². The second-order valence-corrected chi connectivity index (χ2v) is 7.31. The summed E-state index contributed by atoms with van der Waals surface area (Å²) >= 11 is 12.0. The number of hydrazone groups is 1. The molecule has 7 heteroatoms. The number of halogens is 2. The fraction of sp³-hybridized carbons (Fsp3) is 0.0455. The standard InChI is InChI=1S/C22H16Cl2N4O/c1-13(15-7-6-14-4-2-3-5-16(14)10-15)25-28-22(29)21-12-20(26-27-21)17-8-9-18(23)19(24)11-17/h2-12H,1H3,(H,26,27)(H,28,29)/b25-13+. The van der Waals surface area contributed by atoms with Crippen LogP contribution in [0.15, 0.2) is 71.8 Å². The van der Waals surface area contributed by atoms with Crippen molar-refractivity contribution in [2.75, 3.05) is 0 Å². The van der Waals surface area contributed by atoms with E-state index in [0.29, 0.717) is 27.1 Å². The molecule has 1 heterocycles. The van der Waals surface area contributed by atoms with Crippen molar-refractivity contribution in [1.82, 2.24) is 15.6 Å². The van der Waals surface area contributed by atoms with Crippen LogP contribution >= 0.6 is 23.2 Å². The summed E-state index contributed by atoms with van der Waals surface area (Å²) in [6.45, 7) is 1.85. The van der Waals surface area contributed by atoms with E-state index in [-0.39, 0.29) is 5.91 Å². The summed E-state index contributed by atoms with van der Waals surface area (Å²) in [5, 5.41) is 14.3. The van der Waals surface area contributed by atoms with Crippen molar-refractivity contribution in [2.45, 2.75) is 6.92 Å². The number of fused-ring (bicyclic) bond motifs is 1. The van der Waals surface area contributed by atoms with Gasteiger partial charge in [0.05, 0.1) is 21.5 Å². The Morgan fingerprint density at radius 1 is 0.966 bits per heavy atom. The summed E-state index contributed by atoms with van der Waals surface area (Å²) in [6, 6.07) is 20.9. The monoisotopic (exact) mass is 422 g/mol. The highest BCUT2D eigenvalue weighted by molar-refractivity contribution is 6.42. The summed E-state index contributed by atoms with van der Waals surface area (Å²) in [4.78, 5) is 12.4. The van der Waals surface area contributed by atoms with E-state index >= 15 is 0 Å². The number of aromatic amines is 1. The molecular weight excluding hydrogens is 407 g/mol. The normalized spacial score (nSPS) is 11.6. The zero-order valence-electron chi connectivity index (χ0n) is 15.4. The van der Waals surface area contributed by atoms with Gasteiger partial charge in [0.2, 0.25) is 0 Å². The van der Waals surface area contributed by atoms with Crippen LogP contribution in [0.25, 0.3) is 22.0 Å². The van der Waals surface area contributed by atoms with Gasteiger partial charge < -0.3 is 0 Å². The van der Waals surface area contributed by atoms with Crippen LogP contribution in [-0.2, 0) is 0 Å². The maximum atomic E-state index is 12.4. The topological polar surface area (TPSA) is 70.1 Å². The van der Waals surface area contributed by atoms with E-state index in [0.717, 1.165) is 21.9 Å². The van der Waals surface area contributed by atoms with E-state index in [2.05, 4.69) is 26.8 Å². The number of rotatable bonds is 4. The predicted octanol–water partition coefficient (Wildman–Crippen LogP) is 5.69. The van der Waals surface area contributed by atoms with E-state index in [1.165, 1.54) is 0 Å². The van der Waals surface area contributed by atoms with Gasteiger partial charge in [-0.3, -0.25) is 9.89 Å². The molecule has 0 unspecified atom stereocenters. The van der Waals surface area contributed by atoms with Crippen LogP contribution in [0.5, 0.6) is 0 Å². The van der Waals surface area contributed by atoms with Crippen molar-refractivity contribution in [1.29, 1.82) is 0 Å². The third-order valence-electron chi connectivity index (χ3n) is 4.53. The number of H-pyrrole nitrogens is 1. The predicted molar refractivity (Wildman–Crippen MR) is 118 cm³/mol. The lowest BCUT2D eigenvalue weighted by Gasteiger charge is -2.04. The van der Waals surface area contributed by atoms with Gasteiger partial charge in [0.25, 0.3) is 5.91 Å². The van der Waals surface area contributed by atoms with Gasteiger partial charge in [0, 0.05) is 5.56 Å². The molecule has 0 saturated carbocycles. The first-order chi connectivity index (χ1) is 14.0. The van der Waals surface area contributed by atoms with E-state index in [1.54, 1.807) is 24.3 Å². The lowest BCUT2D eigenvalue weighted by atomic mass is 10.0. The first kappa shape index (κ1) is 19.2. The molecule has 0 aliphatic heterocycles. The molecule has 1 amide bonds. The molecule has 0 fully saturated rings. The Hall–Kier alpha value is -3.15. The van der Waals surface area contributed by atoms with Gasteiger partial charge in [-0.15, -0.1) is 0 Å². The van der Waals surface area contributed by atoms with Crippen LogP contribution in [0.2, 0.25) is 10.0 Å². The molecule has 3 aromatic carbocycles. The number of carbonyl (C=O) groups is 1. The third-order valence-corrected chi connectivity index (χ3v) is 5.27. The molecule has 0 aliphatic rings. The number of nitrogens with zero attached hydrogens (tertiary/aromatic N) is 2. The smallest absolute Gasteiger partial charge is 0.272 e. The van der Waals surface area contributed by atoms with Crippen molar-refractivity contribution in [3.8, 4) is 11.3 Å². The van der Waals surface area contributed by atoms with Gasteiger partial charge >= 0.3 is 0 Å². The summed E-state index contributed by atoms with van der Waals surface area (Å²) in [5.74, 6) is -0.385. The lowest BCUT2D eigenvalue weighted by molar-refractivity contribution is 0.0950. The molecule has 2 N–H and O–H groups in total. The van der Waals surface area contributed by atoms with Crippen LogP contribution in [0.4, 0.5) is 0 Å². The molecule has 0 bridgehead atoms. The molecule has 0 radical (unpaired) electrons. The van der Waals surface area contributed by atoms with Crippen molar-refractivity contribution in [2.24, 2.45) is 5.10 Å². The molecule has 1 aromatic heterocycles. The second-order valence-electron chi connectivity index (χ2n) is 6.50. The van der Waals surface area contributed by atoms with E-state index in [1.807, 2.05) is 43.3 Å². The van der Waals surface area contributed by atoms with E-state index in [4.69, 9.17) is 23.2 Å². The highest BCUT2D eigenvalue weighted by Crippen LogP contribution is 2.27. The quantitative estimate of drug-likeness (QED) is 0.327. The fourth-order valence-corrected chi connectivity index (χ4v) is 3.21. The molecule has 0 atom stereocenters. The minimum atomic E-state index is -0.385. The number of hydrogen-bond acceptors (Lipinski definition) is 3. The van der Waals surface area contributed by atoms with E-state index < -0.39 is 0 Å². The van der Waals surface area contributed by atoms with Crippen molar-refractivity contribution in [3.05, 3.63) is 88.0 Å². The van der Waals surface area contributed by atoms with Gasteiger partial charge in [-0.25, -0.2) is 5.43 Å². The van der Waals surface area contributed by atoms with Crippen LogP contribution in [0.3, 0.4) is 0 Å². The second kappa shape index (κ2) is 8.07. The maximum Gasteiger partial charge on any atom is 0.289 e. The average molecular weight is 423 g/mol. The Balaban J connectivity index is 1.50. The van der Waals surface area contributed by atoms with Crippen LogP contribution in [0.1, 0.15) is 23.0 Å². The summed E-state index contributed by atoms with van der Waals surface area (Å²) in [5.41, 5.74) is 5.83. The van der Waals surface area contributed by atoms with Crippen molar-refractivity contribution in [3.63, 3.8) is 0 Å². The van der Waals surface area contributed by atoms with Gasteiger partial charge in [-0.2, -0.15) is 10.2 Å². The SMILES string of the molecule is C/C(=N\NC(=O)c1cc(-c2ccc(Cl)c(Cl)c2)n[nH]1)c1ccc2ccccc2c1. The van der Waals surface area contributed by atoms with Crippen LogP contribution < -0.4 is 5.43 Å². The minimum Gasteiger partial charge on any atom is -0.272 e. The Labute approximate surface area is 177 Å². The molecule has 0 spiro atoms. The minimum absolute atomic E-state index is 0.293. The molecule has 4 aromatic rings. The number of nitrogens with one attached hydrogen (secondary N) is 2. The van der Waals surface area contributed by atoms with Crippen molar-refractivity contribution < 1.29 is 4.79 Å². The zero-order chi connectivity index (χ0) is 20.4. The molecule has 0 saturated heterocycles. The lowest BCUT2D eigenvalue weighted by Crippen LogP contribution is -2.19. The van der Waals surface area contributed by atoms with Gasteiger partial charge in [-0.1, -0.05) is 65.7 Å². The van der Waals surface area contributed by atoms with Crippen LogP contribution in [0, 0.1) is 0 Å². The maximum absolute atomic E-state index is 12.4. The van der Waals surface area contributed by atoms with E-state index in [9.17, 15) is 4.79 Å². The first-order valence-electron chi connectivity index (χ1n) is 8.86. The Bertz CT molecular complexity index is 1250. The summed E-state index contributed by atoms with van der Waals surface area (Å²) < 4.78 is 0. The van der Waals surface area contributed by atoms with Crippen LogP contribution in [-0.4, -0.2) is 21.8 Å². The number of amides is 1. The number of benzene rings is 3. The molecule has 144 valence electrons. The third kappa shape index (κ3) is 4.16. The summed E-state index contributed by atoms with van der Waals surface area (Å²) in [6.07, 6.45) is 0. The molecule has 5 nitrogen and oxygen atoms in total. The number of aromatic nitrogens is 2. The first-order valence-corrected chi connectivity index (χ1v) is 9.61. The van der Waals surface area contributed by atoms with Crippen molar-refractivity contribution >= 4 is 45.6 Å². The van der Waals surface area contributed by atoms with Gasteiger partial charge in [0.1, 0.15) is 5.69 Å². The molecule has 4 rings (SSSR count). The molecule has 29 heavy (non-hydrogen) atoms.